The van der Waals surface area contributed by atoms with Crippen LogP contribution in [0.2, 0.25) is 0 Å². The first kappa shape index (κ1) is 14.0. The fourth-order valence-electron chi connectivity index (χ4n) is 2.87. The van der Waals surface area contributed by atoms with Gasteiger partial charge in [-0.2, -0.15) is 0 Å². The monoisotopic (exact) mass is 287 g/mol. The van der Waals surface area contributed by atoms with Gasteiger partial charge in [0.2, 0.25) is 0 Å². The average Bonchev–Trinajstić information content (AvgIpc) is 2.88. The Hall–Kier alpha value is -1.97. The molecule has 21 heavy (non-hydrogen) atoms. The van der Waals surface area contributed by atoms with E-state index in [1.54, 1.807) is 6.26 Å². The number of phenols is 1. The summed E-state index contributed by atoms with van der Waals surface area (Å²) in [4.78, 5) is 0. The molecular weight excluding hydrogens is 266 g/mol. The molecule has 4 heteroatoms. The minimum atomic E-state index is -0.503. The zero-order valence-corrected chi connectivity index (χ0v) is 12.8. The van der Waals surface area contributed by atoms with Crippen LogP contribution in [-0.4, -0.2) is 10.3 Å². The minimum absolute atomic E-state index is 0.213. The molecule has 0 radical (unpaired) electrons. The summed E-state index contributed by atoms with van der Waals surface area (Å²) in [6.45, 7) is 6.14. The van der Waals surface area contributed by atoms with Gasteiger partial charge in [-0.05, 0) is 44.4 Å². The fraction of sp³-hybridized carbons (Fsp3) is 0.471. The summed E-state index contributed by atoms with van der Waals surface area (Å²) in [6.07, 6.45) is 6.03. The minimum Gasteiger partial charge on any atom is -0.507 e. The Bertz CT molecular complexity index is 658. The van der Waals surface area contributed by atoms with E-state index in [0.29, 0.717) is 17.0 Å². The molecule has 0 atom stereocenters. The first-order valence-corrected chi connectivity index (χ1v) is 7.53. The molecule has 0 saturated heterocycles. The van der Waals surface area contributed by atoms with E-state index in [9.17, 15) is 5.11 Å². The highest BCUT2D eigenvalue weighted by molar-refractivity contribution is 5.78. The lowest BCUT2D eigenvalue weighted by Gasteiger charge is -2.31. The maximum absolute atomic E-state index is 10.4. The first-order chi connectivity index (χ1) is 10.0. The summed E-state index contributed by atoms with van der Waals surface area (Å²) < 4.78 is 11.2. The van der Waals surface area contributed by atoms with Gasteiger partial charge in [0.15, 0.2) is 0 Å². The molecule has 1 aliphatic heterocycles. The highest BCUT2D eigenvalue weighted by Gasteiger charge is 2.37. The normalized spacial score (nSPS) is 15.2. The van der Waals surface area contributed by atoms with Gasteiger partial charge in [0.1, 0.15) is 29.1 Å². The smallest absolute Gasteiger partial charge is 0.134 e. The summed E-state index contributed by atoms with van der Waals surface area (Å²) in [7, 11) is 0. The molecule has 0 unspecified atom stereocenters. The van der Waals surface area contributed by atoms with E-state index in [-0.39, 0.29) is 5.75 Å². The number of rotatable bonds is 4. The van der Waals surface area contributed by atoms with Gasteiger partial charge in [-0.3, -0.25) is 0 Å². The Labute approximate surface area is 124 Å². The van der Waals surface area contributed by atoms with Crippen LogP contribution in [0.25, 0.3) is 11.3 Å². The molecule has 1 aliphatic rings. The van der Waals surface area contributed by atoms with Crippen LogP contribution >= 0.6 is 0 Å². The maximum Gasteiger partial charge on any atom is 0.134 e. The van der Waals surface area contributed by atoms with Gasteiger partial charge < -0.3 is 14.4 Å². The van der Waals surface area contributed by atoms with Gasteiger partial charge in [0.05, 0.1) is 11.1 Å². The quantitative estimate of drug-likeness (QED) is 0.846. The van der Waals surface area contributed by atoms with E-state index in [4.69, 9.17) is 9.26 Å². The lowest BCUT2D eigenvalue weighted by atomic mass is 9.90. The number of hydrogen-bond donors (Lipinski definition) is 1. The van der Waals surface area contributed by atoms with E-state index in [2.05, 4.69) is 12.1 Å². The molecule has 0 amide bonds. The van der Waals surface area contributed by atoms with Crippen molar-refractivity contribution in [3.8, 4) is 22.8 Å². The van der Waals surface area contributed by atoms with Crippen LogP contribution < -0.4 is 4.74 Å². The fourth-order valence-corrected chi connectivity index (χ4v) is 2.87. The molecule has 112 valence electrons. The molecule has 1 aromatic carbocycles. The summed E-state index contributed by atoms with van der Waals surface area (Å²) in [5.74, 6) is 0.901. The van der Waals surface area contributed by atoms with Crippen molar-refractivity contribution in [2.45, 2.75) is 52.1 Å². The number of fused-ring (bicyclic) bond motifs is 3. The number of aromatic nitrogens is 1. The standard InChI is InChI=1S/C17H21NO3/c1-4-5-6-7-11-8-13(19)15-14(9-11)21-17(2,3)12-10-20-18-16(12)15/h8-10,19H,4-7H2,1-3H3. The lowest BCUT2D eigenvalue weighted by Crippen LogP contribution is -2.28. The van der Waals surface area contributed by atoms with Crippen molar-refractivity contribution in [1.29, 1.82) is 0 Å². The number of hydrogen-bond acceptors (Lipinski definition) is 4. The topological polar surface area (TPSA) is 55.5 Å². The van der Waals surface area contributed by atoms with Gasteiger partial charge in [0, 0.05) is 0 Å². The van der Waals surface area contributed by atoms with Crippen LogP contribution in [0.3, 0.4) is 0 Å². The Morgan fingerprint density at radius 1 is 1.24 bits per heavy atom. The Balaban J connectivity index is 2.02. The lowest BCUT2D eigenvalue weighted by molar-refractivity contribution is 0.104. The van der Waals surface area contributed by atoms with Gasteiger partial charge in [-0.25, -0.2) is 0 Å². The Kier molecular flexibility index (Phi) is 3.40. The zero-order chi connectivity index (χ0) is 15.0. The van der Waals surface area contributed by atoms with Crippen molar-refractivity contribution in [2.24, 2.45) is 0 Å². The molecule has 1 N–H and O–H groups in total. The highest BCUT2D eigenvalue weighted by atomic mass is 16.5. The van der Waals surface area contributed by atoms with Crippen molar-refractivity contribution in [3.63, 3.8) is 0 Å². The van der Waals surface area contributed by atoms with Gasteiger partial charge in [0.25, 0.3) is 0 Å². The van der Waals surface area contributed by atoms with E-state index in [1.165, 1.54) is 12.8 Å². The van der Waals surface area contributed by atoms with Crippen LogP contribution in [0.4, 0.5) is 0 Å². The van der Waals surface area contributed by atoms with Gasteiger partial charge >= 0.3 is 0 Å². The number of aromatic hydroxyl groups is 1. The van der Waals surface area contributed by atoms with Gasteiger partial charge in [-0.15, -0.1) is 0 Å². The van der Waals surface area contributed by atoms with Crippen LogP contribution in [-0.2, 0) is 12.0 Å². The third kappa shape index (κ3) is 2.39. The molecule has 4 nitrogen and oxygen atoms in total. The number of unbranched alkanes of at least 4 members (excludes halogenated alkanes) is 2. The van der Waals surface area contributed by atoms with Crippen molar-refractivity contribution >= 4 is 0 Å². The zero-order valence-electron chi connectivity index (χ0n) is 12.8. The number of aryl methyl sites for hydroxylation is 1. The van der Waals surface area contributed by atoms with Crippen LogP contribution in [0.15, 0.2) is 22.9 Å². The Morgan fingerprint density at radius 2 is 2.05 bits per heavy atom. The van der Waals surface area contributed by atoms with Crippen molar-refractivity contribution in [3.05, 3.63) is 29.5 Å². The molecule has 0 spiro atoms. The van der Waals surface area contributed by atoms with Crippen molar-refractivity contribution in [1.82, 2.24) is 5.16 Å². The molecule has 0 saturated carbocycles. The maximum atomic E-state index is 10.4. The number of ether oxygens (including phenoxy) is 1. The molecule has 0 bridgehead atoms. The second-order valence-electron chi connectivity index (χ2n) is 6.13. The SMILES string of the molecule is CCCCCc1cc(O)c2c(c1)OC(C)(C)c1conc1-2. The molecule has 2 aromatic rings. The molecule has 1 aromatic heterocycles. The summed E-state index contributed by atoms with van der Waals surface area (Å²) in [5.41, 5.74) is 2.78. The highest BCUT2D eigenvalue weighted by Crippen LogP contribution is 2.48. The van der Waals surface area contributed by atoms with Gasteiger partial charge in [-0.1, -0.05) is 24.9 Å². The molecule has 3 rings (SSSR count). The summed E-state index contributed by atoms with van der Waals surface area (Å²) >= 11 is 0. The van der Waals surface area contributed by atoms with Crippen LogP contribution in [0.5, 0.6) is 11.5 Å². The van der Waals surface area contributed by atoms with E-state index in [0.717, 1.165) is 24.0 Å². The molecule has 2 heterocycles. The summed E-state index contributed by atoms with van der Waals surface area (Å²) in [6, 6.07) is 3.83. The van der Waals surface area contributed by atoms with Crippen LogP contribution in [0.1, 0.15) is 51.2 Å². The molecule has 0 aliphatic carbocycles. The largest absolute Gasteiger partial charge is 0.507 e. The second-order valence-corrected chi connectivity index (χ2v) is 6.13. The number of nitrogens with zero attached hydrogens (tertiary/aromatic N) is 1. The molecule has 0 fully saturated rings. The first-order valence-electron chi connectivity index (χ1n) is 7.53. The predicted molar refractivity (Wildman–Crippen MR) is 80.5 cm³/mol. The number of phenolic OH excluding ortho intramolecular Hbond substituents is 1. The van der Waals surface area contributed by atoms with Crippen LogP contribution in [0, 0.1) is 0 Å². The second kappa shape index (κ2) is 5.10. The molecular formula is C17H21NO3. The summed E-state index contributed by atoms with van der Waals surface area (Å²) in [5, 5.41) is 14.4. The third-order valence-corrected chi connectivity index (χ3v) is 4.03. The van der Waals surface area contributed by atoms with Crippen molar-refractivity contribution in [2.75, 3.05) is 0 Å². The predicted octanol–water partition coefficient (Wildman–Crippen LogP) is 4.41. The van der Waals surface area contributed by atoms with E-state index >= 15 is 0 Å². The van der Waals surface area contributed by atoms with E-state index < -0.39 is 5.60 Å². The average molecular weight is 287 g/mol. The third-order valence-electron chi connectivity index (χ3n) is 4.03. The van der Waals surface area contributed by atoms with E-state index in [1.807, 2.05) is 26.0 Å². The Morgan fingerprint density at radius 3 is 2.81 bits per heavy atom. The number of benzene rings is 1. The van der Waals surface area contributed by atoms with Crippen molar-refractivity contribution < 1.29 is 14.4 Å².